The summed E-state index contributed by atoms with van der Waals surface area (Å²) in [5.41, 5.74) is 0.374. The number of nitrogens with one attached hydrogen (secondary N) is 2. The Kier molecular flexibility index (Phi) is 4.12. The molecule has 5 nitrogen and oxygen atoms in total. The Hall–Kier alpha value is -1.39. The SMILES string of the molecule is CCC(NC(=O)c1cn[nH]n1)C1CCCCC1. The molecule has 1 aromatic heterocycles. The lowest BCUT2D eigenvalue weighted by Gasteiger charge is -2.30. The van der Waals surface area contributed by atoms with Gasteiger partial charge < -0.3 is 5.32 Å². The number of aromatic nitrogens is 3. The molecule has 0 spiro atoms. The molecule has 1 aliphatic rings. The molecule has 1 fully saturated rings. The summed E-state index contributed by atoms with van der Waals surface area (Å²) in [7, 11) is 0. The largest absolute Gasteiger partial charge is 0.348 e. The van der Waals surface area contributed by atoms with Gasteiger partial charge in [0.15, 0.2) is 5.69 Å². The van der Waals surface area contributed by atoms with Gasteiger partial charge >= 0.3 is 0 Å². The second-order valence-corrected chi connectivity index (χ2v) is 4.74. The zero-order valence-corrected chi connectivity index (χ0v) is 10.3. The summed E-state index contributed by atoms with van der Waals surface area (Å²) in [6, 6.07) is 0.277. The Bertz CT molecular complexity index is 343. The molecule has 17 heavy (non-hydrogen) atoms. The third kappa shape index (κ3) is 3.05. The van der Waals surface area contributed by atoms with E-state index in [4.69, 9.17) is 0 Å². The summed E-state index contributed by atoms with van der Waals surface area (Å²) < 4.78 is 0. The number of carbonyl (C=O) groups excluding carboxylic acids is 1. The molecule has 2 rings (SSSR count). The van der Waals surface area contributed by atoms with Gasteiger partial charge in [0.2, 0.25) is 0 Å². The van der Waals surface area contributed by atoms with Gasteiger partial charge in [0.05, 0.1) is 6.20 Å². The minimum absolute atomic E-state index is 0.115. The van der Waals surface area contributed by atoms with Crippen LogP contribution < -0.4 is 5.32 Å². The predicted molar refractivity (Wildman–Crippen MR) is 64.5 cm³/mol. The van der Waals surface area contributed by atoms with Crippen LogP contribution >= 0.6 is 0 Å². The maximum atomic E-state index is 11.9. The Balaban J connectivity index is 1.92. The van der Waals surface area contributed by atoms with Crippen molar-refractivity contribution in [2.45, 2.75) is 51.5 Å². The van der Waals surface area contributed by atoms with Crippen molar-refractivity contribution in [1.82, 2.24) is 20.7 Å². The molecule has 1 amide bonds. The number of H-pyrrole nitrogens is 1. The van der Waals surface area contributed by atoms with Crippen LogP contribution in [0.5, 0.6) is 0 Å². The summed E-state index contributed by atoms with van der Waals surface area (Å²) in [5, 5.41) is 13.0. The normalized spacial score (nSPS) is 18.9. The van der Waals surface area contributed by atoms with Crippen molar-refractivity contribution in [2.24, 2.45) is 5.92 Å². The van der Waals surface area contributed by atoms with Gasteiger partial charge in [0, 0.05) is 6.04 Å². The van der Waals surface area contributed by atoms with Gasteiger partial charge in [-0.2, -0.15) is 15.4 Å². The Morgan fingerprint density at radius 3 is 2.88 bits per heavy atom. The fourth-order valence-corrected chi connectivity index (χ4v) is 2.64. The van der Waals surface area contributed by atoms with E-state index in [0.717, 1.165) is 6.42 Å². The van der Waals surface area contributed by atoms with Crippen LogP contribution in [0.1, 0.15) is 55.9 Å². The van der Waals surface area contributed by atoms with E-state index < -0.39 is 0 Å². The third-order valence-electron chi connectivity index (χ3n) is 3.62. The highest BCUT2D eigenvalue weighted by Gasteiger charge is 2.24. The van der Waals surface area contributed by atoms with Crippen molar-refractivity contribution in [3.8, 4) is 0 Å². The number of hydrogen-bond acceptors (Lipinski definition) is 3. The van der Waals surface area contributed by atoms with E-state index in [1.807, 2.05) is 0 Å². The fourth-order valence-electron chi connectivity index (χ4n) is 2.64. The van der Waals surface area contributed by atoms with Gasteiger partial charge in [-0.25, -0.2) is 0 Å². The fraction of sp³-hybridized carbons (Fsp3) is 0.750. The van der Waals surface area contributed by atoms with Gasteiger partial charge in [-0.15, -0.1) is 0 Å². The molecule has 0 aliphatic heterocycles. The van der Waals surface area contributed by atoms with Crippen molar-refractivity contribution in [2.75, 3.05) is 0 Å². The number of hydrogen-bond donors (Lipinski definition) is 2. The first-order chi connectivity index (χ1) is 8.31. The molecule has 5 heteroatoms. The topological polar surface area (TPSA) is 70.7 Å². The highest BCUT2D eigenvalue weighted by atomic mass is 16.2. The minimum Gasteiger partial charge on any atom is -0.348 e. The first-order valence-electron chi connectivity index (χ1n) is 6.48. The van der Waals surface area contributed by atoms with Crippen LogP contribution in [0.3, 0.4) is 0 Å². The van der Waals surface area contributed by atoms with E-state index in [1.54, 1.807) is 0 Å². The molecule has 1 aromatic rings. The first kappa shape index (κ1) is 12.1. The summed E-state index contributed by atoms with van der Waals surface area (Å²) in [4.78, 5) is 11.9. The monoisotopic (exact) mass is 236 g/mol. The van der Waals surface area contributed by atoms with Crippen LogP contribution in [-0.2, 0) is 0 Å². The number of rotatable bonds is 4. The van der Waals surface area contributed by atoms with Crippen LogP contribution in [0.4, 0.5) is 0 Å². The molecule has 0 radical (unpaired) electrons. The number of amides is 1. The molecule has 1 unspecified atom stereocenters. The maximum Gasteiger partial charge on any atom is 0.273 e. The van der Waals surface area contributed by atoms with Crippen LogP contribution in [0.25, 0.3) is 0 Å². The van der Waals surface area contributed by atoms with Gasteiger partial charge in [0.1, 0.15) is 0 Å². The highest BCUT2D eigenvalue weighted by Crippen LogP contribution is 2.27. The Morgan fingerprint density at radius 2 is 2.29 bits per heavy atom. The molecule has 1 heterocycles. The van der Waals surface area contributed by atoms with Crippen LogP contribution in [0, 0.1) is 5.92 Å². The van der Waals surface area contributed by atoms with Crippen molar-refractivity contribution in [3.05, 3.63) is 11.9 Å². The Labute approximate surface area is 101 Å². The van der Waals surface area contributed by atoms with Gasteiger partial charge in [-0.1, -0.05) is 26.2 Å². The molecule has 1 saturated carbocycles. The van der Waals surface area contributed by atoms with E-state index >= 15 is 0 Å². The minimum atomic E-state index is -0.115. The lowest BCUT2D eigenvalue weighted by Crippen LogP contribution is -2.40. The molecular formula is C12H20N4O. The van der Waals surface area contributed by atoms with E-state index in [0.29, 0.717) is 11.6 Å². The summed E-state index contributed by atoms with van der Waals surface area (Å²) >= 11 is 0. The molecule has 1 atom stereocenters. The zero-order chi connectivity index (χ0) is 12.1. The lowest BCUT2D eigenvalue weighted by atomic mass is 9.83. The summed E-state index contributed by atoms with van der Waals surface area (Å²) in [5.74, 6) is 0.515. The summed E-state index contributed by atoms with van der Waals surface area (Å²) in [6.45, 7) is 2.13. The number of carbonyl (C=O) groups is 1. The van der Waals surface area contributed by atoms with Crippen molar-refractivity contribution in [3.63, 3.8) is 0 Å². The predicted octanol–water partition coefficient (Wildman–Crippen LogP) is 1.89. The van der Waals surface area contributed by atoms with Gasteiger partial charge in [0.25, 0.3) is 5.91 Å². The molecule has 1 aliphatic carbocycles. The lowest BCUT2D eigenvalue weighted by molar-refractivity contribution is 0.0906. The molecule has 0 saturated heterocycles. The molecule has 94 valence electrons. The molecule has 2 N–H and O–H groups in total. The first-order valence-corrected chi connectivity index (χ1v) is 6.48. The Morgan fingerprint density at radius 1 is 1.53 bits per heavy atom. The zero-order valence-electron chi connectivity index (χ0n) is 10.3. The quantitative estimate of drug-likeness (QED) is 0.838. The maximum absolute atomic E-state index is 11.9. The van der Waals surface area contributed by atoms with E-state index in [9.17, 15) is 4.79 Å². The average molecular weight is 236 g/mol. The highest BCUT2D eigenvalue weighted by molar-refractivity contribution is 5.92. The van der Waals surface area contributed by atoms with Crippen molar-refractivity contribution >= 4 is 5.91 Å². The number of nitrogens with zero attached hydrogens (tertiary/aromatic N) is 2. The van der Waals surface area contributed by atoms with Crippen LogP contribution in [0.2, 0.25) is 0 Å². The molecule has 0 bridgehead atoms. The van der Waals surface area contributed by atoms with E-state index in [2.05, 4.69) is 27.7 Å². The average Bonchev–Trinajstić information content (AvgIpc) is 2.90. The second kappa shape index (κ2) is 5.80. The summed E-state index contributed by atoms with van der Waals surface area (Å²) in [6.07, 6.45) is 8.83. The van der Waals surface area contributed by atoms with Crippen LogP contribution in [-0.4, -0.2) is 27.4 Å². The third-order valence-corrected chi connectivity index (χ3v) is 3.62. The number of aromatic amines is 1. The van der Waals surface area contributed by atoms with E-state index in [1.165, 1.54) is 38.3 Å². The standard InChI is InChI=1S/C12H20N4O/c1-2-10(9-6-4-3-5-7-9)14-12(17)11-8-13-16-15-11/h8-10H,2-7H2,1H3,(H,14,17)(H,13,15,16). The van der Waals surface area contributed by atoms with Crippen molar-refractivity contribution < 1.29 is 4.79 Å². The smallest absolute Gasteiger partial charge is 0.273 e. The van der Waals surface area contributed by atoms with Gasteiger partial charge in [-0.05, 0) is 25.2 Å². The molecular weight excluding hydrogens is 216 g/mol. The van der Waals surface area contributed by atoms with Crippen molar-refractivity contribution in [1.29, 1.82) is 0 Å². The van der Waals surface area contributed by atoms with Crippen LogP contribution in [0.15, 0.2) is 6.20 Å². The van der Waals surface area contributed by atoms with E-state index in [-0.39, 0.29) is 11.9 Å². The second-order valence-electron chi connectivity index (χ2n) is 4.74. The molecule has 0 aromatic carbocycles. The van der Waals surface area contributed by atoms with Gasteiger partial charge in [-0.3, -0.25) is 4.79 Å².